The number of fused-ring (bicyclic) bond motifs is 3. The van der Waals surface area contributed by atoms with Gasteiger partial charge in [-0.25, -0.2) is 9.59 Å². The number of alkyl carbamates (subject to hydrolysis) is 1. The molecule has 0 spiro atoms. The Morgan fingerprint density at radius 1 is 1.00 bits per heavy atom. The monoisotopic (exact) mass is 468 g/mol. The third-order valence-corrected chi connectivity index (χ3v) is 5.91. The van der Waals surface area contributed by atoms with Crippen molar-refractivity contribution >= 4 is 18.0 Å². The van der Waals surface area contributed by atoms with Crippen LogP contribution in [0.5, 0.6) is 0 Å². The molecule has 0 fully saturated rings. The van der Waals surface area contributed by atoms with Gasteiger partial charge in [0.25, 0.3) is 0 Å². The van der Waals surface area contributed by atoms with Gasteiger partial charge in [0.05, 0.1) is 12.5 Å². The standard InChI is InChI=1S/C26H32N2O6/c1-16(2)12-17(24(29)28-23(15-33-3)25(30)31)13-27-26(32)34-14-22-20-10-6-4-8-18(20)19-9-5-7-11-21(19)22/h4-11,16-17,22-23H,12-15H2,1-3H3,(H,27,32)(H,28,29)(H,30,31). The first-order valence-electron chi connectivity index (χ1n) is 11.4. The van der Waals surface area contributed by atoms with Crippen LogP contribution in [0.3, 0.4) is 0 Å². The molecule has 0 saturated heterocycles. The van der Waals surface area contributed by atoms with Gasteiger partial charge < -0.3 is 25.2 Å². The van der Waals surface area contributed by atoms with Gasteiger partial charge in [0.1, 0.15) is 6.61 Å². The summed E-state index contributed by atoms with van der Waals surface area (Å²) in [7, 11) is 1.37. The Kier molecular flexibility index (Phi) is 8.65. The molecule has 2 aromatic carbocycles. The van der Waals surface area contributed by atoms with Gasteiger partial charge in [0, 0.05) is 19.6 Å². The Morgan fingerprint density at radius 3 is 2.12 bits per heavy atom. The number of nitrogens with one attached hydrogen (secondary N) is 2. The Morgan fingerprint density at radius 2 is 1.59 bits per heavy atom. The van der Waals surface area contributed by atoms with E-state index in [1.165, 1.54) is 7.11 Å². The van der Waals surface area contributed by atoms with Crippen LogP contribution < -0.4 is 10.6 Å². The first kappa shape index (κ1) is 25.2. The van der Waals surface area contributed by atoms with Crippen molar-refractivity contribution in [1.82, 2.24) is 10.6 Å². The molecule has 182 valence electrons. The zero-order valence-electron chi connectivity index (χ0n) is 19.7. The van der Waals surface area contributed by atoms with Crippen molar-refractivity contribution in [2.45, 2.75) is 32.2 Å². The van der Waals surface area contributed by atoms with Crippen molar-refractivity contribution in [2.24, 2.45) is 11.8 Å². The van der Waals surface area contributed by atoms with Crippen LogP contribution in [-0.4, -0.2) is 56.0 Å². The maximum Gasteiger partial charge on any atom is 0.407 e. The zero-order valence-corrected chi connectivity index (χ0v) is 19.7. The van der Waals surface area contributed by atoms with Crippen LogP contribution in [0.2, 0.25) is 0 Å². The first-order valence-corrected chi connectivity index (χ1v) is 11.4. The van der Waals surface area contributed by atoms with Crippen LogP contribution in [0.1, 0.15) is 37.3 Å². The first-order chi connectivity index (χ1) is 16.3. The molecule has 0 aliphatic heterocycles. The summed E-state index contributed by atoms with van der Waals surface area (Å²) < 4.78 is 10.4. The van der Waals surface area contributed by atoms with Gasteiger partial charge in [0.15, 0.2) is 6.04 Å². The predicted octanol–water partition coefficient (Wildman–Crippen LogP) is 3.40. The molecule has 0 heterocycles. The smallest absolute Gasteiger partial charge is 0.407 e. The molecule has 1 aliphatic carbocycles. The number of carboxylic acids is 1. The minimum absolute atomic E-state index is 0.0417. The molecule has 8 heteroatoms. The van der Waals surface area contributed by atoms with Crippen molar-refractivity contribution in [3.63, 3.8) is 0 Å². The van der Waals surface area contributed by atoms with Gasteiger partial charge in [-0.05, 0) is 34.6 Å². The van der Waals surface area contributed by atoms with E-state index in [9.17, 15) is 19.5 Å². The van der Waals surface area contributed by atoms with Crippen LogP contribution in [0, 0.1) is 11.8 Å². The SMILES string of the molecule is COCC(NC(=O)C(CNC(=O)OCC1c2ccccc2-c2ccccc21)CC(C)C)C(=O)O. The molecule has 0 saturated carbocycles. The van der Waals surface area contributed by atoms with Gasteiger partial charge in [-0.2, -0.15) is 0 Å². The summed E-state index contributed by atoms with van der Waals surface area (Å²) in [5, 5.41) is 14.4. The van der Waals surface area contributed by atoms with Crippen molar-refractivity contribution < 1.29 is 29.0 Å². The molecule has 34 heavy (non-hydrogen) atoms. The second-order valence-corrected chi connectivity index (χ2v) is 8.89. The molecule has 3 rings (SSSR count). The van der Waals surface area contributed by atoms with Gasteiger partial charge in [-0.1, -0.05) is 62.4 Å². The Balaban J connectivity index is 1.59. The average Bonchev–Trinajstić information content (AvgIpc) is 3.13. The summed E-state index contributed by atoms with van der Waals surface area (Å²) in [6.07, 6.45) is -0.135. The zero-order chi connectivity index (χ0) is 24.7. The van der Waals surface area contributed by atoms with E-state index >= 15 is 0 Å². The van der Waals surface area contributed by atoms with Crippen molar-refractivity contribution in [1.29, 1.82) is 0 Å². The Labute approximate surface area is 199 Å². The number of ether oxygens (including phenoxy) is 2. The van der Waals surface area contributed by atoms with Crippen molar-refractivity contribution in [2.75, 3.05) is 26.9 Å². The summed E-state index contributed by atoms with van der Waals surface area (Å²) in [4.78, 5) is 36.5. The van der Waals surface area contributed by atoms with Gasteiger partial charge >= 0.3 is 12.1 Å². The third-order valence-electron chi connectivity index (χ3n) is 5.91. The largest absolute Gasteiger partial charge is 0.480 e. The lowest BCUT2D eigenvalue weighted by Crippen LogP contribution is -2.48. The summed E-state index contributed by atoms with van der Waals surface area (Å²) >= 11 is 0. The number of aliphatic carboxylic acids is 1. The second-order valence-electron chi connectivity index (χ2n) is 8.89. The summed E-state index contributed by atoms with van der Waals surface area (Å²) in [5.41, 5.74) is 4.52. The topological polar surface area (TPSA) is 114 Å². The number of carboxylic acid groups (broad SMARTS) is 1. The summed E-state index contributed by atoms with van der Waals surface area (Å²) in [6, 6.07) is 15.0. The highest BCUT2D eigenvalue weighted by Crippen LogP contribution is 2.44. The molecule has 0 aromatic heterocycles. The van der Waals surface area contributed by atoms with Crippen molar-refractivity contribution in [3.8, 4) is 11.1 Å². The lowest BCUT2D eigenvalue weighted by molar-refractivity contribution is -0.144. The van der Waals surface area contributed by atoms with Crippen LogP contribution in [0.4, 0.5) is 4.79 Å². The lowest BCUT2D eigenvalue weighted by Gasteiger charge is -2.22. The van der Waals surface area contributed by atoms with E-state index in [4.69, 9.17) is 9.47 Å². The normalized spacial score (nSPS) is 14.1. The van der Waals surface area contributed by atoms with Gasteiger partial charge in [0.2, 0.25) is 5.91 Å². The number of methoxy groups -OCH3 is 1. The molecule has 1 aliphatic rings. The average molecular weight is 469 g/mol. The molecule has 2 atom stereocenters. The molecule has 8 nitrogen and oxygen atoms in total. The fourth-order valence-corrected chi connectivity index (χ4v) is 4.34. The van der Waals surface area contributed by atoms with E-state index in [0.29, 0.717) is 6.42 Å². The molecular weight excluding hydrogens is 436 g/mol. The minimum atomic E-state index is -1.18. The molecule has 2 amide bonds. The highest BCUT2D eigenvalue weighted by atomic mass is 16.5. The number of carbonyl (C=O) groups is 3. The number of amides is 2. The molecule has 0 bridgehead atoms. The Hall–Kier alpha value is -3.39. The summed E-state index contributed by atoms with van der Waals surface area (Å²) in [5.74, 6) is -2.11. The maximum absolute atomic E-state index is 12.7. The lowest BCUT2D eigenvalue weighted by atomic mass is 9.96. The minimum Gasteiger partial charge on any atom is -0.480 e. The van der Waals surface area contributed by atoms with E-state index in [2.05, 4.69) is 22.8 Å². The summed E-state index contributed by atoms with van der Waals surface area (Å²) in [6.45, 7) is 3.99. The van der Waals surface area contributed by atoms with E-state index in [1.54, 1.807) is 0 Å². The van der Waals surface area contributed by atoms with Crippen LogP contribution in [0.15, 0.2) is 48.5 Å². The van der Waals surface area contributed by atoms with E-state index in [-0.39, 0.29) is 31.6 Å². The van der Waals surface area contributed by atoms with E-state index < -0.39 is 29.9 Å². The van der Waals surface area contributed by atoms with Gasteiger partial charge in [-0.15, -0.1) is 0 Å². The quantitative estimate of drug-likeness (QED) is 0.466. The molecular formula is C26H32N2O6. The van der Waals surface area contributed by atoms with Crippen LogP contribution >= 0.6 is 0 Å². The molecule has 3 N–H and O–H groups in total. The van der Waals surface area contributed by atoms with Crippen LogP contribution in [-0.2, 0) is 19.1 Å². The fraction of sp³-hybridized carbons (Fsp3) is 0.423. The predicted molar refractivity (Wildman–Crippen MR) is 127 cm³/mol. The number of hydrogen-bond acceptors (Lipinski definition) is 5. The molecule has 0 radical (unpaired) electrons. The number of hydrogen-bond donors (Lipinski definition) is 3. The fourth-order valence-electron chi connectivity index (χ4n) is 4.34. The number of carbonyl (C=O) groups excluding carboxylic acids is 2. The van der Waals surface area contributed by atoms with E-state index in [0.717, 1.165) is 22.3 Å². The highest BCUT2D eigenvalue weighted by Gasteiger charge is 2.30. The van der Waals surface area contributed by atoms with Crippen molar-refractivity contribution in [3.05, 3.63) is 59.7 Å². The van der Waals surface area contributed by atoms with Gasteiger partial charge in [-0.3, -0.25) is 4.79 Å². The third kappa shape index (κ3) is 6.14. The maximum atomic E-state index is 12.7. The molecule has 2 unspecified atom stereocenters. The Bertz CT molecular complexity index is 976. The highest BCUT2D eigenvalue weighted by molar-refractivity contribution is 5.85. The second kappa shape index (κ2) is 11.7. The molecule has 2 aromatic rings. The number of rotatable bonds is 11. The van der Waals surface area contributed by atoms with E-state index in [1.807, 2.05) is 50.2 Å². The number of benzene rings is 2. The van der Waals surface area contributed by atoms with Crippen LogP contribution in [0.25, 0.3) is 11.1 Å².